The summed E-state index contributed by atoms with van der Waals surface area (Å²) in [6.07, 6.45) is 3.64. The van der Waals surface area contributed by atoms with Crippen molar-refractivity contribution in [3.8, 4) is 22.6 Å². The zero-order chi connectivity index (χ0) is 29.9. The number of esters is 1. The highest BCUT2D eigenvalue weighted by atomic mass is 32.2. The van der Waals surface area contributed by atoms with Gasteiger partial charge in [0.05, 0.1) is 28.6 Å². The number of para-hydroxylation sites is 1. The van der Waals surface area contributed by atoms with Crippen LogP contribution in [0.1, 0.15) is 54.4 Å². The van der Waals surface area contributed by atoms with Gasteiger partial charge >= 0.3 is 5.97 Å². The van der Waals surface area contributed by atoms with Gasteiger partial charge in [-0.3, -0.25) is 4.79 Å². The molecule has 1 aliphatic rings. The molecular formula is C33H33N5O3S2. The molecule has 0 radical (unpaired) electrons. The van der Waals surface area contributed by atoms with E-state index in [1.807, 2.05) is 79.9 Å². The number of carbonyl (C=O) groups is 2. The largest absolute Gasteiger partial charge is 0.459 e. The molecule has 1 N–H and O–H groups in total. The van der Waals surface area contributed by atoms with Crippen LogP contribution in [0.25, 0.3) is 33.5 Å². The molecule has 0 aliphatic heterocycles. The van der Waals surface area contributed by atoms with E-state index >= 15 is 0 Å². The Bertz CT molecular complexity index is 1800. The molecule has 0 saturated carbocycles. The maximum Gasteiger partial charge on any atom is 0.341 e. The first-order chi connectivity index (χ1) is 20.9. The Balaban J connectivity index is 1.26. The molecule has 2 aromatic carbocycles. The number of carbonyl (C=O) groups excluding carboxylic acids is 2. The van der Waals surface area contributed by atoms with E-state index in [1.54, 1.807) is 0 Å². The molecule has 3 aromatic heterocycles. The first-order valence-corrected chi connectivity index (χ1v) is 16.4. The molecule has 0 spiro atoms. The Morgan fingerprint density at radius 2 is 1.81 bits per heavy atom. The van der Waals surface area contributed by atoms with Crippen LogP contribution in [0.4, 0.5) is 5.00 Å². The van der Waals surface area contributed by atoms with Crippen molar-refractivity contribution in [2.24, 2.45) is 0 Å². The highest BCUT2D eigenvalue weighted by Gasteiger charge is 2.28. The number of amides is 1. The van der Waals surface area contributed by atoms with Gasteiger partial charge in [-0.05, 0) is 64.2 Å². The topological polar surface area (TPSA) is 99.0 Å². The molecule has 10 heteroatoms. The molecule has 0 bridgehead atoms. The zero-order valence-electron chi connectivity index (χ0n) is 24.4. The number of aryl methyl sites for hydroxylation is 1. The van der Waals surface area contributed by atoms with Crippen LogP contribution in [0.5, 0.6) is 0 Å². The fourth-order valence-electron chi connectivity index (χ4n) is 5.43. The third kappa shape index (κ3) is 6.07. The molecule has 220 valence electrons. The summed E-state index contributed by atoms with van der Waals surface area (Å²) in [6, 6.07) is 20.2. The Morgan fingerprint density at radius 3 is 2.60 bits per heavy atom. The van der Waals surface area contributed by atoms with Crippen molar-refractivity contribution in [1.82, 2.24) is 19.7 Å². The summed E-state index contributed by atoms with van der Waals surface area (Å²) in [7, 11) is 0. The molecule has 0 saturated heterocycles. The average Bonchev–Trinajstić information content (AvgIpc) is 3.60. The molecule has 0 fully saturated rings. The first kappa shape index (κ1) is 29.1. The Hall–Kier alpha value is -4.02. The van der Waals surface area contributed by atoms with Gasteiger partial charge in [0, 0.05) is 27.9 Å². The van der Waals surface area contributed by atoms with Crippen molar-refractivity contribution in [2.45, 2.75) is 64.3 Å². The van der Waals surface area contributed by atoms with Crippen molar-refractivity contribution in [1.29, 1.82) is 0 Å². The minimum Gasteiger partial charge on any atom is -0.459 e. The predicted molar refractivity (Wildman–Crippen MR) is 173 cm³/mol. The van der Waals surface area contributed by atoms with E-state index in [0.717, 1.165) is 64.8 Å². The molecule has 6 rings (SSSR count). The number of nitrogens with one attached hydrogen (secondary N) is 1. The van der Waals surface area contributed by atoms with Crippen LogP contribution in [0.3, 0.4) is 0 Å². The normalized spacial score (nSPS) is 12.8. The van der Waals surface area contributed by atoms with Gasteiger partial charge in [0.1, 0.15) is 5.00 Å². The van der Waals surface area contributed by atoms with Crippen molar-refractivity contribution in [3.63, 3.8) is 0 Å². The van der Waals surface area contributed by atoms with Gasteiger partial charge in [-0.1, -0.05) is 60.3 Å². The number of benzene rings is 2. The maximum absolute atomic E-state index is 13.2. The molecule has 1 amide bonds. The first-order valence-electron chi connectivity index (χ1n) is 14.6. The molecule has 1 aliphatic carbocycles. The van der Waals surface area contributed by atoms with Gasteiger partial charge in [0.15, 0.2) is 11.0 Å². The Labute approximate surface area is 258 Å². The van der Waals surface area contributed by atoms with Crippen LogP contribution in [0.2, 0.25) is 0 Å². The highest BCUT2D eigenvalue weighted by Crippen LogP contribution is 2.39. The minimum atomic E-state index is -0.368. The maximum atomic E-state index is 13.2. The fraction of sp³-hybridized carbons (Fsp3) is 0.303. The van der Waals surface area contributed by atoms with Gasteiger partial charge in [0.2, 0.25) is 5.91 Å². The van der Waals surface area contributed by atoms with Crippen LogP contribution < -0.4 is 5.32 Å². The number of thiophene rings is 1. The Kier molecular flexibility index (Phi) is 8.58. The van der Waals surface area contributed by atoms with E-state index in [9.17, 15) is 9.59 Å². The monoisotopic (exact) mass is 611 g/mol. The van der Waals surface area contributed by atoms with Crippen molar-refractivity contribution in [3.05, 3.63) is 76.7 Å². The number of pyridine rings is 1. The summed E-state index contributed by atoms with van der Waals surface area (Å²) in [5.74, 6) is 0.291. The lowest BCUT2D eigenvalue weighted by molar-refractivity contribution is -0.113. The van der Waals surface area contributed by atoms with Gasteiger partial charge in [-0.25, -0.2) is 9.78 Å². The zero-order valence-corrected chi connectivity index (χ0v) is 26.1. The third-order valence-corrected chi connectivity index (χ3v) is 9.54. The SMILES string of the molecule is CCn1c(SCC(=O)Nc2sc3c(c2C(=O)OC(C)C)CCCC3)nnc1-c1cc(-c2ccccc2)nc2ccccc12. The van der Waals surface area contributed by atoms with Crippen molar-refractivity contribution < 1.29 is 14.3 Å². The van der Waals surface area contributed by atoms with Crippen LogP contribution in [-0.4, -0.2) is 43.5 Å². The molecule has 0 unspecified atom stereocenters. The highest BCUT2D eigenvalue weighted by molar-refractivity contribution is 7.99. The van der Waals surface area contributed by atoms with E-state index in [4.69, 9.17) is 9.72 Å². The van der Waals surface area contributed by atoms with Crippen molar-refractivity contribution >= 4 is 50.9 Å². The molecule has 0 atom stereocenters. The lowest BCUT2D eigenvalue weighted by Crippen LogP contribution is -2.19. The number of fused-ring (bicyclic) bond motifs is 2. The molecule has 3 heterocycles. The smallest absolute Gasteiger partial charge is 0.341 e. The second kappa shape index (κ2) is 12.7. The molecular weight excluding hydrogens is 579 g/mol. The second-order valence-electron chi connectivity index (χ2n) is 10.7. The van der Waals surface area contributed by atoms with E-state index in [2.05, 4.69) is 21.6 Å². The molecule has 5 aromatic rings. The average molecular weight is 612 g/mol. The number of aromatic nitrogens is 4. The fourth-order valence-corrected chi connectivity index (χ4v) is 7.53. The summed E-state index contributed by atoms with van der Waals surface area (Å²) in [5.41, 5.74) is 5.24. The summed E-state index contributed by atoms with van der Waals surface area (Å²) in [5, 5.41) is 14.3. The quantitative estimate of drug-likeness (QED) is 0.137. The van der Waals surface area contributed by atoms with Crippen LogP contribution in [-0.2, 0) is 28.9 Å². The predicted octanol–water partition coefficient (Wildman–Crippen LogP) is 7.42. The number of hydrogen-bond acceptors (Lipinski definition) is 8. The lowest BCUT2D eigenvalue weighted by Gasteiger charge is -2.14. The van der Waals surface area contributed by atoms with E-state index in [-0.39, 0.29) is 23.7 Å². The summed E-state index contributed by atoms with van der Waals surface area (Å²) >= 11 is 2.83. The number of hydrogen-bond donors (Lipinski definition) is 1. The van der Waals surface area contributed by atoms with Gasteiger partial charge in [-0.15, -0.1) is 21.5 Å². The standard InChI is InChI=1S/C33H33N5O3S2/c1-4-38-30(24-18-26(21-12-6-5-7-13-21)34-25-16-10-8-14-22(24)25)36-37-33(38)42-19-28(39)35-31-29(32(40)41-20(2)3)23-15-9-11-17-27(23)43-31/h5-8,10,12-14,16,18,20H,4,9,11,15,17,19H2,1-3H3,(H,35,39). The minimum absolute atomic E-state index is 0.131. The third-order valence-electron chi connectivity index (χ3n) is 7.36. The molecule has 8 nitrogen and oxygen atoms in total. The van der Waals surface area contributed by atoms with Crippen LogP contribution >= 0.6 is 23.1 Å². The van der Waals surface area contributed by atoms with E-state index in [1.165, 1.54) is 28.0 Å². The second-order valence-corrected chi connectivity index (χ2v) is 12.7. The summed E-state index contributed by atoms with van der Waals surface area (Å²) in [6.45, 7) is 6.34. The summed E-state index contributed by atoms with van der Waals surface area (Å²) in [4.78, 5) is 32.3. The number of ether oxygens (including phenoxy) is 1. The number of rotatable bonds is 9. The van der Waals surface area contributed by atoms with E-state index in [0.29, 0.717) is 22.3 Å². The van der Waals surface area contributed by atoms with Gasteiger partial charge in [-0.2, -0.15) is 0 Å². The molecule has 43 heavy (non-hydrogen) atoms. The number of thioether (sulfide) groups is 1. The number of anilines is 1. The van der Waals surface area contributed by atoms with Gasteiger partial charge in [0.25, 0.3) is 0 Å². The number of nitrogens with zero attached hydrogens (tertiary/aromatic N) is 4. The van der Waals surface area contributed by atoms with Crippen molar-refractivity contribution in [2.75, 3.05) is 11.1 Å². The van der Waals surface area contributed by atoms with Gasteiger partial charge < -0.3 is 14.6 Å². The van der Waals surface area contributed by atoms with E-state index < -0.39 is 0 Å². The van der Waals surface area contributed by atoms with Crippen LogP contribution in [0, 0.1) is 0 Å². The Morgan fingerprint density at radius 1 is 1.05 bits per heavy atom. The summed E-state index contributed by atoms with van der Waals surface area (Å²) < 4.78 is 7.57. The lowest BCUT2D eigenvalue weighted by atomic mass is 9.95. The van der Waals surface area contributed by atoms with Crippen LogP contribution in [0.15, 0.2) is 65.8 Å².